The molecule has 2 rings (SSSR count). The molecule has 1 aromatic heterocycles. The van der Waals surface area contributed by atoms with Gasteiger partial charge in [0.15, 0.2) is 5.82 Å². The van der Waals surface area contributed by atoms with Gasteiger partial charge in [-0.05, 0) is 67.5 Å². The van der Waals surface area contributed by atoms with Crippen LogP contribution in [0.4, 0.5) is 0 Å². The number of allylic oxidation sites excluding steroid dienone is 1. The summed E-state index contributed by atoms with van der Waals surface area (Å²) in [4.78, 5) is 9.09. The molecule has 3 nitrogen and oxygen atoms in total. The lowest BCUT2D eigenvalue weighted by Crippen LogP contribution is -1.95. The molecular weight excluding hydrogens is 344 g/mol. The number of ether oxygens (including phenoxy) is 1. The monoisotopic (exact) mass is 380 g/mol. The van der Waals surface area contributed by atoms with Crippen LogP contribution in [-0.4, -0.2) is 9.97 Å². The van der Waals surface area contributed by atoms with Crippen molar-refractivity contribution in [3.63, 3.8) is 0 Å². The zero-order valence-corrected chi connectivity index (χ0v) is 17.9. The van der Waals surface area contributed by atoms with Crippen LogP contribution in [-0.2, 0) is 6.42 Å². The lowest BCUT2D eigenvalue weighted by Gasteiger charge is -2.07. The van der Waals surface area contributed by atoms with Crippen molar-refractivity contribution in [3.8, 4) is 17.1 Å². The lowest BCUT2D eigenvalue weighted by molar-refractivity contribution is 0.478. The second-order valence-corrected chi connectivity index (χ2v) is 7.68. The zero-order chi connectivity index (χ0) is 20.0. The molecule has 0 N–H and O–H groups in total. The molecule has 0 saturated heterocycles. The van der Waals surface area contributed by atoms with E-state index < -0.39 is 0 Å². The van der Waals surface area contributed by atoms with Gasteiger partial charge in [0.25, 0.3) is 0 Å². The maximum atomic E-state index is 5.65. The van der Waals surface area contributed by atoms with Gasteiger partial charge < -0.3 is 4.74 Å². The normalized spacial score (nSPS) is 12.4. The van der Waals surface area contributed by atoms with Gasteiger partial charge in [-0.15, -0.1) is 0 Å². The second-order valence-electron chi connectivity index (χ2n) is 7.68. The number of aryl methyl sites for hydroxylation is 1. The van der Waals surface area contributed by atoms with Crippen molar-refractivity contribution in [2.45, 2.75) is 78.6 Å². The molecule has 2 aromatic rings. The van der Waals surface area contributed by atoms with Crippen LogP contribution in [0, 0.1) is 5.92 Å². The van der Waals surface area contributed by atoms with E-state index in [4.69, 9.17) is 4.74 Å². The summed E-state index contributed by atoms with van der Waals surface area (Å²) in [6, 6.07) is 7.97. The van der Waals surface area contributed by atoms with Gasteiger partial charge in [-0.1, -0.05) is 52.9 Å². The van der Waals surface area contributed by atoms with Gasteiger partial charge in [-0.25, -0.2) is 9.97 Å². The van der Waals surface area contributed by atoms with E-state index in [0.717, 1.165) is 35.9 Å². The van der Waals surface area contributed by atoms with Crippen molar-refractivity contribution in [2.24, 2.45) is 5.92 Å². The van der Waals surface area contributed by atoms with Crippen LogP contribution in [0.15, 0.2) is 49.0 Å². The summed E-state index contributed by atoms with van der Waals surface area (Å²) in [5.41, 5.74) is 2.24. The molecule has 0 radical (unpaired) electrons. The Labute approximate surface area is 171 Å². The number of hydrogen-bond acceptors (Lipinski definition) is 3. The first kappa shape index (κ1) is 22.1. The Morgan fingerprint density at radius 1 is 0.964 bits per heavy atom. The molecule has 0 amide bonds. The molecule has 0 bridgehead atoms. The fraction of sp³-hybridized carbons (Fsp3) is 0.520. The highest BCUT2D eigenvalue weighted by atomic mass is 16.5. The third-order valence-corrected chi connectivity index (χ3v) is 5.20. The molecule has 1 atom stereocenters. The third kappa shape index (κ3) is 8.24. The summed E-state index contributed by atoms with van der Waals surface area (Å²) < 4.78 is 5.65. The van der Waals surface area contributed by atoms with Gasteiger partial charge in [0, 0.05) is 18.0 Å². The Hall–Kier alpha value is -2.16. The second kappa shape index (κ2) is 13.1. The molecule has 1 unspecified atom stereocenters. The first-order valence-corrected chi connectivity index (χ1v) is 11.0. The summed E-state index contributed by atoms with van der Waals surface area (Å²) in [6.07, 6.45) is 18.8. The Kier molecular flexibility index (Phi) is 10.3. The Balaban J connectivity index is 1.78. The molecule has 0 aliphatic rings. The van der Waals surface area contributed by atoms with Gasteiger partial charge in [-0.2, -0.15) is 0 Å². The van der Waals surface area contributed by atoms with Crippen molar-refractivity contribution in [3.05, 3.63) is 54.6 Å². The van der Waals surface area contributed by atoms with Crippen LogP contribution in [0.3, 0.4) is 0 Å². The summed E-state index contributed by atoms with van der Waals surface area (Å²) in [5, 5.41) is 0. The van der Waals surface area contributed by atoms with Gasteiger partial charge in [-0.3, -0.25) is 0 Å². The number of aromatic nitrogens is 2. The minimum Gasteiger partial charge on any atom is -0.465 e. The van der Waals surface area contributed by atoms with Gasteiger partial charge in [0.2, 0.25) is 0 Å². The van der Waals surface area contributed by atoms with E-state index in [1.165, 1.54) is 50.5 Å². The summed E-state index contributed by atoms with van der Waals surface area (Å²) in [7, 11) is 0. The summed E-state index contributed by atoms with van der Waals surface area (Å²) in [5.74, 6) is 2.44. The molecule has 0 aliphatic heterocycles. The van der Waals surface area contributed by atoms with Crippen molar-refractivity contribution in [1.29, 1.82) is 0 Å². The number of nitrogens with zero attached hydrogens (tertiary/aromatic N) is 2. The maximum absolute atomic E-state index is 5.65. The van der Waals surface area contributed by atoms with Crippen LogP contribution in [0.2, 0.25) is 0 Å². The third-order valence-electron chi connectivity index (χ3n) is 5.20. The van der Waals surface area contributed by atoms with Crippen LogP contribution < -0.4 is 4.74 Å². The Bertz CT molecular complexity index is 677. The highest BCUT2D eigenvalue weighted by Gasteiger charge is 2.03. The van der Waals surface area contributed by atoms with E-state index in [9.17, 15) is 0 Å². The molecule has 0 saturated carbocycles. The fourth-order valence-electron chi connectivity index (χ4n) is 3.05. The van der Waals surface area contributed by atoms with E-state index in [-0.39, 0.29) is 0 Å². The van der Waals surface area contributed by atoms with Crippen LogP contribution >= 0.6 is 0 Å². The number of unbranched alkanes of at least 4 members (excludes halogenated alkanes) is 4. The molecule has 0 fully saturated rings. The number of rotatable bonds is 13. The standard InChI is InChI=1S/C25H36N2O/c1-4-6-7-8-11-18-28-24-16-14-23(15-17-24)25-26-19-22(20-27-25)13-10-9-12-21(3)5-2/h11,14-21H,4-10,12-13H2,1-3H3. The van der Waals surface area contributed by atoms with E-state index in [1.807, 2.05) is 36.7 Å². The van der Waals surface area contributed by atoms with Crippen molar-refractivity contribution < 1.29 is 4.74 Å². The molecule has 0 spiro atoms. The molecule has 28 heavy (non-hydrogen) atoms. The number of hydrogen-bond donors (Lipinski definition) is 0. The van der Waals surface area contributed by atoms with Crippen molar-refractivity contribution >= 4 is 0 Å². The molecular formula is C25H36N2O. The minimum absolute atomic E-state index is 0.769. The van der Waals surface area contributed by atoms with E-state index in [2.05, 4.69) is 36.8 Å². The number of benzene rings is 1. The largest absolute Gasteiger partial charge is 0.465 e. The molecule has 0 aliphatic carbocycles. The van der Waals surface area contributed by atoms with E-state index >= 15 is 0 Å². The Morgan fingerprint density at radius 2 is 1.71 bits per heavy atom. The SMILES string of the molecule is CCCCCC=COc1ccc(-c2ncc(CCCCC(C)CC)cn2)cc1. The predicted molar refractivity (Wildman–Crippen MR) is 118 cm³/mol. The van der Waals surface area contributed by atoms with Crippen molar-refractivity contribution in [1.82, 2.24) is 9.97 Å². The predicted octanol–water partition coefficient (Wildman–Crippen LogP) is 7.38. The fourth-order valence-corrected chi connectivity index (χ4v) is 3.05. The molecule has 152 valence electrons. The van der Waals surface area contributed by atoms with Crippen molar-refractivity contribution in [2.75, 3.05) is 0 Å². The Morgan fingerprint density at radius 3 is 2.39 bits per heavy atom. The average molecular weight is 381 g/mol. The summed E-state index contributed by atoms with van der Waals surface area (Å²) in [6.45, 7) is 6.81. The zero-order valence-electron chi connectivity index (χ0n) is 17.9. The van der Waals surface area contributed by atoms with Crippen LogP contribution in [0.1, 0.15) is 77.7 Å². The minimum atomic E-state index is 0.769. The quantitative estimate of drug-likeness (QED) is 0.269. The van der Waals surface area contributed by atoms with Gasteiger partial charge >= 0.3 is 0 Å². The lowest BCUT2D eigenvalue weighted by atomic mass is 10.00. The topological polar surface area (TPSA) is 35.0 Å². The van der Waals surface area contributed by atoms with Crippen LogP contribution in [0.25, 0.3) is 11.4 Å². The first-order chi connectivity index (χ1) is 13.7. The average Bonchev–Trinajstić information content (AvgIpc) is 2.74. The maximum Gasteiger partial charge on any atom is 0.159 e. The van der Waals surface area contributed by atoms with E-state index in [1.54, 1.807) is 6.26 Å². The van der Waals surface area contributed by atoms with Gasteiger partial charge in [0.05, 0.1) is 6.26 Å². The van der Waals surface area contributed by atoms with Gasteiger partial charge in [0.1, 0.15) is 5.75 Å². The summed E-state index contributed by atoms with van der Waals surface area (Å²) >= 11 is 0. The first-order valence-electron chi connectivity index (χ1n) is 11.0. The highest BCUT2D eigenvalue weighted by molar-refractivity contribution is 5.55. The molecule has 1 aromatic carbocycles. The smallest absolute Gasteiger partial charge is 0.159 e. The van der Waals surface area contributed by atoms with E-state index in [0.29, 0.717) is 0 Å². The molecule has 3 heteroatoms. The highest BCUT2D eigenvalue weighted by Crippen LogP contribution is 2.20. The van der Waals surface area contributed by atoms with Crippen LogP contribution in [0.5, 0.6) is 5.75 Å². The molecule has 1 heterocycles.